The van der Waals surface area contributed by atoms with Gasteiger partial charge in [-0.25, -0.2) is 4.52 Å². The van der Waals surface area contributed by atoms with Crippen molar-refractivity contribution in [1.82, 2.24) is 19.8 Å². The highest BCUT2D eigenvalue weighted by atomic mass is 79.9. The Hall–Kier alpha value is -1.56. The first kappa shape index (κ1) is 9.65. The Morgan fingerprint density at radius 1 is 1.56 bits per heavy atom. The molecule has 3 rings (SSSR count). The molecular weight excluding hydrogens is 272 g/mol. The molecule has 0 fully saturated rings. The first-order valence-corrected chi connectivity index (χ1v) is 5.72. The molecule has 3 aromatic rings. The highest BCUT2D eigenvalue weighted by Crippen LogP contribution is 2.28. The number of nitrogens with one attached hydrogen (secondary N) is 1. The number of aromatic nitrogens is 4. The third kappa shape index (κ3) is 1.30. The van der Waals surface area contributed by atoms with E-state index in [1.807, 2.05) is 19.2 Å². The Morgan fingerprint density at radius 2 is 2.44 bits per heavy atom. The fraction of sp³-hybridized carbons (Fsp3) is 0.200. The summed E-state index contributed by atoms with van der Waals surface area (Å²) in [7, 11) is 0. The quantitative estimate of drug-likeness (QED) is 0.784. The Labute approximate surface area is 99.5 Å². The molecule has 6 heteroatoms. The van der Waals surface area contributed by atoms with Crippen LogP contribution < -0.4 is 4.74 Å². The van der Waals surface area contributed by atoms with E-state index < -0.39 is 0 Å². The van der Waals surface area contributed by atoms with Crippen LogP contribution in [0.4, 0.5) is 0 Å². The molecule has 82 valence electrons. The van der Waals surface area contributed by atoms with Gasteiger partial charge < -0.3 is 4.74 Å². The van der Waals surface area contributed by atoms with Crippen LogP contribution in [0.3, 0.4) is 0 Å². The number of halogens is 1. The molecule has 0 aromatic carbocycles. The Kier molecular flexibility index (Phi) is 2.10. The van der Waals surface area contributed by atoms with Gasteiger partial charge in [0.05, 0.1) is 29.9 Å². The zero-order valence-corrected chi connectivity index (χ0v) is 10.2. The Bertz CT molecular complexity index is 657. The summed E-state index contributed by atoms with van der Waals surface area (Å²) < 4.78 is 8.19. The second-order valence-corrected chi connectivity index (χ2v) is 4.24. The minimum atomic E-state index is 0.638. The standard InChI is InChI=1S/C10H9BrN4O/c1-2-16-6-3-8(11)9-7-4-12-13-10(7)14-15(9)5-6/h3-5H,2H2,1H3,(H,13,14). The van der Waals surface area contributed by atoms with Gasteiger partial charge in [-0.3, -0.25) is 5.10 Å². The van der Waals surface area contributed by atoms with Crippen molar-refractivity contribution in [3.05, 3.63) is 22.9 Å². The van der Waals surface area contributed by atoms with E-state index in [1.54, 1.807) is 10.7 Å². The number of ether oxygens (including phenoxy) is 1. The number of nitrogens with zero attached hydrogens (tertiary/aromatic N) is 3. The molecule has 0 atom stereocenters. The van der Waals surface area contributed by atoms with Crippen LogP contribution in [0.2, 0.25) is 0 Å². The van der Waals surface area contributed by atoms with E-state index in [0.717, 1.165) is 26.8 Å². The molecule has 16 heavy (non-hydrogen) atoms. The van der Waals surface area contributed by atoms with Gasteiger partial charge in [0.2, 0.25) is 0 Å². The van der Waals surface area contributed by atoms with Crippen molar-refractivity contribution in [3.8, 4) is 5.75 Å². The largest absolute Gasteiger partial charge is 0.492 e. The summed E-state index contributed by atoms with van der Waals surface area (Å²) in [5.41, 5.74) is 1.77. The molecule has 3 aromatic heterocycles. The lowest BCUT2D eigenvalue weighted by Crippen LogP contribution is -1.95. The summed E-state index contributed by atoms with van der Waals surface area (Å²) in [5.74, 6) is 0.792. The SMILES string of the molecule is CCOc1cc(Br)c2c3cn[nH]c3nn2c1. The van der Waals surface area contributed by atoms with E-state index in [4.69, 9.17) is 4.74 Å². The van der Waals surface area contributed by atoms with Crippen LogP contribution in [0.1, 0.15) is 6.92 Å². The predicted molar refractivity (Wildman–Crippen MR) is 63.7 cm³/mol. The van der Waals surface area contributed by atoms with E-state index in [1.165, 1.54) is 0 Å². The summed E-state index contributed by atoms with van der Waals surface area (Å²) in [5, 5.41) is 12.2. The van der Waals surface area contributed by atoms with Crippen molar-refractivity contribution in [2.75, 3.05) is 6.61 Å². The molecule has 0 aliphatic carbocycles. The van der Waals surface area contributed by atoms with Crippen molar-refractivity contribution in [3.63, 3.8) is 0 Å². The Morgan fingerprint density at radius 3 is 3.25 bits per heavy atom. The summed E-state index contributed by atoms with van der Waals surface area (Å²) in [4.78, 5) is 0. The zero-order chi connectivity index (χ0) is 11.1. The lowest BCUT2D eigenvalue weighted by molar-refractivity contribution is 0.338. The van der Waals surface area contributed by atoms with Crippen LogP contribution in [-0.2, 0) is 0 Å². The van der Waals surface area contributed by atoms with Crippen molar-refractivity contribution in [1.29, 1.82) is 0 Å². The van der Waals surface area contributed by atoms with Crippen LogP contribution in [0, 0.1) is 0 Å². The van der Waals surface area contributed by atoms with Gasteiger partial charge in [0, 0.05) is 4.47 Å². The minimum Gasteiger partial charge on any atom is -0.492 e. The van der Waals surface area contributed by atoms with E-state index >= 15 is 0 Å². The van der Waals surface area contributed by atoms with Gasteiger partial charge in [-0.15, -0.1) is 5.10 Å². The van der Waals surface area contributed by atoms with Crippen LogP contribution in [-0.4, -0.2) is 26.4 Å². The topological polar surface area (TPSA) is 55.2 Å². The van der Waals surface area contributed by atoms with Crippen molar-refractivity contribution in [2.45, 2.75) is 6.92 Å². The third-order valence-corrected chi connectivity index (χ3v) is 2.97. The molecule has 5 nitrogen and oxygen atoms in total. The van der Waals surface area contributed by atoms with Gasteiger partial charge in [0.25, 0.3) is 0 Å². The molecule has 0 spiro atoms. The molecule has 3 heterocycles. The fourth-order valence-corrected chi connectivity index (χ4v) is 2.36. The molecule has 0 unspecified atom stereocenters. The van der Waals surface area contributed by atoms with Crippen molar-refractivity contribution < 1.29 is 4.74 Å². The Balaban J connectivity index is 2.34. The lowest BCUT2D eigenvalue weighted by Gasteiger charge is -2.04. The van der Waals surface area contributed by atoms with Gasteiger partial charge in [0.15, 0.2) is 5.65 Å². The lowest BCUT2D eigenvalue weighted by atomic mass is 10.3. The molecule has 0 aliphatic rings. The number of pyridine rings is 1. The highest BCUT2D eigenvalue weighted by molar-refractivity contribution is 9.10. The van der Waals surface area contributed by atoms with E-state index in [2.05, 4.69) is 31.2 Å². The molecule has 1 N–H and O–H groups in total. The van der Waals surface area contributed by atoms with Gasteiger partial charge in [0.1, 0.15) is 5.75 Å². The molecule has 0 radical (unpaired) electrons. The molecular formula is C10H9BrN4O. The number of aromatic amines is 1. The number of hydrogen-bond donors (Lipinski definition) is 1. The first-order valence-electron chi connectivity index (χ1n) is 4.93. The van der Waals surface area contributed by atoms with Crippen LogP contribution >= 0.6 is 15.9 Å². The van der Waals surface area contributed by atoms with Gasteiger partial charge in [-0.2, -0.15) is 5.10 Å². The second kappa shape index (κ2) is 3.48. The van der Waals surface area contributed by atoms with Crippen LogP contribution in [0.25, 0.3) is 16.6 Å². The van der Waals surface area contributed by atoms with E-state index in [-0.39, 0.29) is 0 Å². The van der Waals surface area contributed by atoms with Crippen LogP contribution in [0.5, 0.6) is 5.75 Å². The number of rotatable bonds is 2. The zero-order valence-electron chi connectivity index (χ0n) is 8.57. The number of hydrogen-bond acceptors (Lipinski definition) is 3. The minimum absolute atomic E-state index is 0.638. The maximum atomic E-state index is 5.45. The van der Waals surface area contributed by atoms with Crippen molar-refractivity contribution >= 4 is 32.5 Å². The summed E-state index contributed by atoms with van der Waals surface area (Å²) in [6.45, 7) is 2.59. The molecule has 0 amide bonds. The highest BCUT2D eigenvalue weighted by Gasteiger charge is 2.11. The van der Waals surface area contributed by atoms with Gasteiger partial charge in [-0.1, -0.05) is 0 Å². The number of H-pyrrole nitrogens is 1. The maximum Gasteiger partial charge on any atom is 0.178 e. The smallest absolute Gasteiger partial charge is 0.178 e. The summed E-state index contributed by atoms with van der Waals surface area (Å²) >= 11 is 3.52. The molecule has 0 saturated heterocycles. The average molecular weight is 281 g/mol. The van der Waals surface area contributed by atoms with E-state index in [0.29, 0.717) is 6.61 Å². The predicted octanol–water partition coefficient (Wildman–Crippen LogP) is 2.37. The number of fused-ring (bicyclic) bond motifs is 3. The van der Waals surface area contributed by atoms with E-state index in [9.17, 15) is 0 Å². The van der Waals surface area contributed by atoms with Gasteiger partial charge >= 0.3 is 0 Å². The average Bonchev–Trinajstić information content (AvgIpc) is 2.76. The molecule has 0 saturated carbocycles. The normalized spacial score (nSPS) is 11.4. The molecule has 0 bridgehead atoms. The third-order valence-electron chi connectivity index (χ3n) is 2.37. The molecule has 0 aliphatic heterocycles. The maximum absolute atomic E-state index is 5.45. The fourth-order valence-electron chi connectivity index (χ4n) is 1.74. The monoisotopic (exact) mass is 280 g/mol. The second-order valence-electron chi connectivity index (χ2n) is 3.38. The first-order chi connectivity index (χ1) is 7.79. The summed E-state index contributed by atoms with van der Waals surface area (Å²) in [6, 6.07) is 1.94. The van der Waals surface area contributed by atoms with Gasteiger partial charge in [-0.05, 0) is 28.9 Å². The van der Waals surface area contributed by atoms with Crippen LogP contribution in [0.15, 0.2) is 22.9 Å². The summed E-state index contributed by atoms with van der Waals surface area (Å²) in [6.07, 6.45) is 3.63. The van der Waals surface area contributed by atoms with Crippen molar-refractivity contribution in [2.24, 2.45) is 0 Å².